The zero-order valence-electron chi connectivity index (χ0n) is 21.2. The van der Waals surface area contributed by atoms with Gasteiger partial charge in [0.2, 0.25) is 0 Å². The smallest absolute Gasteiger partial charge is 0.193 e. The molecule has 0 spiro atoms. The van der Waals surface area contributed by atoms with Crippen LogP contribution in [0.3, 0.4) is 0 Å². The molecule has 3 aromatic carbocycles. The Bertz CT molecular complexity index is 1530. The highest BCUT2D eigenvalue weighted by molar-refractivity contribution is 6.15. The van der Waals surface area contributed by atoms with Gasteiger partial charge in [-0.2, -0.15) is 0 Å². The lowest BCUT2D eigenvalue weighted by molar-refractivity contribution is -0.127. The fourth-order valence-electron chi connectivity index (χ4n) is 8.63. The number of rotatable bonds is 5. The standard InChI is InChI=1S/C33H33NO2/c1-3-34-30-10-8-23(32(36)26-7-5-4-6-20(26)2)15-27(30)28-16-25(9-11-31(28)34)33-17-21-12-22(18-33)14-24(13-21)29(33)19-35/h4-11,15-16,19,21-22,24,29H,3,12-14,17-18H2,1-2H3. The lowest BCUT2D eigenvalue weighted by Crippen LogP contribution is -2.55. The topological polar surface area (TPSA) is 39.1 Å². The van der Waals surface area contributed by atoms with Gasteiger partial charge in [-0.25, -0.2) is 0 Å². The second kappa shape index (κ2) is 7.90. The third-order valence-corrected chi connectivity index (χ3v) is 9.95. The van der Waals surface area contributed by atoms with Gasteiger partial charge in [0.1, 0.15) is 6.29 Å². The molecule has 4 aliphatic rings. The normalized spacial score (nSPS) is 28.7. The summed E-state index contributed by atoms with van der Waals surface area (Å²) in [5.74, 6) is 2.31. The van der Waals surface area contributed by atoms with E-state index in [0.717, 1.165) is 53.3 Å². The van der Waals surface area contributed by atoms with Gasteiger partial charge in [0.25, 0.3) is 0 Å². The number of benzene rings is 3. The maximum absolute atomic E-state index is 13.5. The first-order chi connectivity index (χ1) is 17.5. The summed E-state index contributed by atoms with van der Waals surface area (Å²) in [6.07, 6.45) is 7.43. The molecule has 3 nitrogen and oxygen atoms in total. The molecule has 1 heterocycles. The summed E-state index contributed by atoms with van der Waals surface area (Å²) < 4.78 is 2.35. The van der Waals surface area contributed by atoms with Gasteiger partial charge in [0, 0.05) is 50.8 Å². The molecule has 3 heteroatoms. The maximum atomic E-state index is 13.5. The Kier molecular flexibility index (Phi) is 4.83. The number of carbonyl (C=O) groups excluding carboxylic acids is 2. The van der Waals surface area contributed by atoms with E-state index < -0.39 is 0 Å². The Labute approximate surface area is 212 Å². The lowest BCUT2D eigenvalue weighted by atomic mass is 9.44. The van der Waals surface area contributed by atoms with Crippen molar-refractivity contribution in [1.82, 2.24) is 4.57 Å². The third-order valence-electron chi connectivity index (χ3n) is 9.95. The molecular formula is C33H33NO2. The van der Waals surface area contributed by atoms with E-state index in [0.29, 0.717) is 5.92 Å². The van der Waals surface area contributed by atoms with E-state index in [4.69, 9.17) is 0 Å². The van der Waals surface area contributed by atoms with Crippen molar-refractivity contribution >= 4 is 33.9 Å². The quantitative estimate of drug-likeness (QED) is 0.225. The number of nitrogens with zero attached hydrogens (tertiary/aromatic N) is 1. The van der Waals surface area contributed by atoms with Crippen molar-refractivity contribution in [2.45, 2.75) is 57.9 Å². The molecule has 3 atom stereocenters. The van der Waals surface area contributed by atoms with Crippen LogP contribution in [0.1, 0.15) is 66.1 Å². The summed E-state index contributed by atoms with van der Waals surface area (Å²) in [5.41, 5.74) is 6.21. The number of aryl methyl sites for hydroxylation is 2. The highest BCUT2D eigenvalue weighted by atomic mass is 16.1. The first kappa shape index (κ1) is 22.0. The second-order valence-electron chi connectivity index (χ2n) is 11.8. The van der Waals surface area contributed by atoms with Gasteiger partial charge < -0.3 is 9.36 Å². The first-order valence-electron chi connectivity index (χ1n) is 13.6. The van der Waals surface area contributed by atoms with Gasteiger partial charge >= 0.3 is 0 Å². The van der Waals surface area contributed by atoms with Crippen LogP contribution in [0.15, 0.2) is 60.7 Å². The maximum Gasteiger partial charge on any atom is 0.193 e. The number of carbonyl (C=O) groups is 2. The Morgan fingerprint density at radius 1 is 0.944 bits per heavy atom. The van der Waals surface area contributed by atoms with E-state index in [2.05, 4.69) is 41.8 Å². The first-order valence-corrected chi connectivity index (χ1v) is 13.6. The Hall–Kier alpha value is -3.20. The van der Waals surface area contributed by atoms with Gasteiger partial charge in [-0.1, -0.05) is 30.3 Å². The molecule has 4 aliphatic carbocycles. The summed E-state index contributed by atoms with van der Waals surface area (Å²) in [6, 6.07) is 21.0. The van der Waals surface area contributed by atoms with Crippen LogP contribution in [0.5, 0.6) is 0 Å². The van der Waals surface area contributed by atoms with Crippen molar-refractivity contribution in [2.24, 2.45) is 23.7 Å². The number of hydrogen-bond acceptors (Lipinski definition) is 2. The third kappa shape index (κ3) is 2.98. The van der Waals surface area contributed by atoms with E-state index in [1.807, 2.05) is 37.3 Å². The molecule has 182 valence electrons. The molecule has 8 rings (SSSR count). The molecule has 4 saturated carbocycles. The lowest BCUT2D eigenvalue weighted by Gasteiger charge is -2.60. The number of ketones is 1. The van der Waals surface area contributed by atoms with E-state index in [-0.39, 0.29) is 17.1 Å². The minimum atomic E-state index is -0.0140. The number of aldehydes is 1. The highest BCUT2D eigenvalue weighted by Gasteiger charge is 2.57. The average Bonchev–Trinajstić information content (AvgIpc) is 3.20. The molecule has 4 bridgehead atoms. The minimum absolute atomic E-state index is 0.0140. The molecule has 0 N–H and O–H groups in total. The van der Waals surface area contributed by atoms with Crippen molar-refractivity contribution in [3.8, 4) is 0 Å². The summed E-state index contributed by atoms with van der Waals surface area (Å²) in [4.78, 5) is 25.9. The van der Waals surface area contributed by atoms with Gasteiger partial charge in [-0.05, 0) is 105 Å². The zero-order chi connectivity index (χ0) is 24.6. The zero-order valence-corrected chi connectivity index (χ0v) is 21.2. The summed E-state index contributed by atoms with van der Waals surface area (Å²) >= 11 is 0. The molecule has 36 heavy (non-hydrogen) atoms. The van der Waals surface area contributed by atoms with Crippen LogP contribution >= 0.6 is 0 Å². The predicted octanol–water partition coefficient (Wildman–Crippen LogP) is 7.25. The Balaban J connectivity index is 1.41. The largest absolute Gasteiger partial charge is 0.341 e. The van der Waals surface area contributed by atoms with Gasteiger partial charge in [0.15, 0.2) is 5.78 Å². The Morgan fingerprint density at radius 2 is 1.64 bits per heavy atom. The van der Waals surface area contributed by atoms with Crippen LogP contribution in [-0.4, -0.2) is 16.6 Å². The summed E-state index contributed by atoms with van der Waals surface area (Å²) in [6.45, 7) is 5.05. The monoisotopic (exact) mass is 475 g/mol. The molecule has 4 fully saturated rings. The summed E-state index contributed by atoms with van der Waals surface area (Å²) in [5, 5.41) is 2.35. The highest BCUT2D eigenvalue weighted by Crippen LogP contribution is 2.63. The van der Waals surface area contributed by atoms with Gasteiger partial charge in [-0.3, -0.25) is 4.79 Å². The molecule has 0 saturated heterocycles. The van der Waals surface area contributed by atoms with Crippen molar-refractivity contribution in [2.75, 3.05) is 0 Å². The van der Waals surface area contributed by atoms with E-state index >= 15 is 0 Å². The van der Waals surface area contributed by atoms with Gasteiger partial charge in [-0.15, -0.1) is 0 Å². The predicted molar refractivity (Wildman–Crippen MR) is 145 cm³/mol. The van der Waals surface area contributed by atoms with Crippen molar-refractivity contribution in [3.05, 3.63) is 82.9 Å². The number of aromatic nitrogens is 1. The molecule has 3 unspecified atom stereocenters. The number of fused-ring (bicyclic) bond motifs is 3. The van der Waals surface area contributed by atoms with Crippen molar-refractivity contribution in [1.29, 1.82) is 0 Å². The fourth-order valence-corrected chi connectivity index (χ4v) is 8.63. The van der Waals surface area contributed by atoms with Crippen LogP contribution in [0, 0.1) is 30.6 Å². The molecule has 0 amide bonds. The molecule has 1 aromatic heterocycles. The molecule has 0 aliphatic heterocycles. The molecular weight excluding hydrogens is 442 g/mol. The number of hydrogen-bond donors (Lipinski definition) is 0. The van der Waals surface area contributed by atoms with Crippen LogP contribution in [0.2, 0.25) is 0 Å². The van der Waals surface area contributed by atoms with Crippen LogP contribution in [-0.2, 0) is 16.8 Å². The van der Waals surface area contributed by atoms with Crippen LogP contribution < -0.4 is 0 Å². The fraction of sp³-hybridized carbons (Fsp3) is 0.394. The average molecular weight is 476 g/mol. The van der Waals surface area contributed by atoms with Gasteiger partial charge in [0.05, 0.1) is 0 Å². The SMILES string of the molecule is CCn1c2ccc(C(=O)c3ccccc3C)cc2c2cc(C34CC5CC(CC(C5)C3C=O)C4)ccc21. The van der Waals surface area contributed by atoms with Crippen molar-refractivity contribution < 1.29 is 9.59 Å². The van der Waals surface area contributed by atoms with Crippen LogP contribution in [0.25, 0.3) is 21.8 Å². The molecule has 4 aromatic rings. The summed E-state index contributed by atoms with van der Waals surface area (Å²) in [7, 11) is 0. The Morgan fingerprint density at radius 3 is 2.33 bits per heavy atom. The van der Waals surface area contributed by atoms with Crippen molar-refractivity contribution in [3.63, 3.8) is 0 Å². The van der Waals surface area contributed by atoms with E-state index in [1.165, 1.54) is 47.5 Å². The van der Waals surface area contributed by atoms with E-state index in [9.17, 15) is 9.59 Å². The van der Waals surface area contributed by atoms with Crippen LogP contribution in [0.4, 0.5) is 0 Å². The minimum Gasteiger partial charge on any atom is -0.341 e. The second-order valence-corrected chi connectivity index (χ2v) is 11.8. The molecule has 0 radical (unpaired) electrons. The van der Waals surface area contributed by atoms with E-state index in [1.54, 1.807) is 0 Å².